The van der Waals surface area contributed by atoms with Crippen LogP contribution >= 0.6 is 0 Å². The summed E-state index contributed by atoms with van der Waals surface area (Å²) in [5.74, 6) is -0.976. The van der Waals surface area contributed by atoms with Crippen molar-refractivity contribution in [2.24, 2.45) is 0 Å². The van der Waals surface area contributed by atoms with Crippen LogP contribution in [0.1, 0.15) is 20.7 Å². The molecule has 1 heterocycles. The van der Waals surface area contributed by atoms with Crippen LogP contribution in [0.5, 0.6) is 0 Å². The van der Waals surface area contributed by atoms with E-state index in [1.54, 1.807) is 42.6 Å². The fourth-order valence-electron chi connectivity index (χ4n) is 2.13. The van der Waals surface area contributed by atoms with Gasteiger partial charge in [0.25, 0.3) is 5.91 Å². The van der Waals surface area contributed by atoms with E-state index in [1.165, 1.54) is 7.05 Å². The standard InChI is InChI=1S/C16H14N4O3/c1-20(19-15(21)11-6-3-2-4-7-11)23-16(22)13-9-5-8-12-10-17-18-14(12)13/h2-10H,1H3,(H,17,18)(H,19,21). The summed E-state index contributed by atoms with van der Waals surface area (Å²) in [7, 11) is 1.44. The molecule has 0 aliphatic heterocycles. The van der Waals surface area contributed by atoms with Crippen LogP contribution in [-0.4, -0.2) is 34.3 Å². The van der Waals surface area contributed by atoms with E-state index in [2.05, 4.69) is 15.6 Å². The molecule has 2 aromatic carbocycles. The first-order chi connectivity index (χ1) is 11.1. The number of hydrazine groups is 1. The summed E-state index contributed by atoms with van der Waals surface area (Å²) >= 11 is 0. The van der Waals surface area contributed by atoms with Crippen molar-refractivity contribution >= 4 is 22.8 Å². The third-order valence-electron chi connectivity index (χ3n) is 3.21. The molecule has 0 spiro atoms. The molecule has 116 valence electrons. The number of nitrogens with zero attached hydrogens (tertiary/aromatic N) is 2. The lowest BCUT2D eigenvalue weighted by molar-refractivity contribution is -0.116. The van der Waals surface area contributed by atoms with Gasteiger partial charge in [0.1, 0.15) is 0 Å². The molecule has 0 saturated heterocycles. The predicted molar refractivity (Wildman–Crippen MR) is 83.2 cm³/mol. The molecular weight excluding hydrogens is 296 g/mol. The quantitative estimate of drug-likeness (QED) is 0.719. The lowest BCUT2D eigenvalue weighted by Crippen LogP contribution is -2.40. The highest BCUT2D eigenvalue weighted by Gasteiger charge is 2.16. The number of aromatic nitrogens is 2. The Hall–Kier alpha value is -3.19. The number of fused-ring (bicyclic) bond motifs is 1. The van der Waals surface area contributed by atoms with Gasteiger partial charge >= 0.3 is 5.97 Å². The number of amides is 1. The van der Waals surface area contributed by atoms with Crippen molar-refractivity contribution in [3.8, 4) is 0 Å². The van der Waals surface area contributed by atoms with Crippen LogP contribution in [0.2, 0.25) is 0 Å². The van der Waals surface area contributed by atoms with Crippen molar-refractivity contribution in [1.82, 2.24) is 20.8 Å². The molecule has 0 radical (unpaired) electrons. The number of hydrogen-bond acceptors (Lipinski definition) is 5. The first-order valence-corrected chi connectivity index (χ1v) is 6.89. The highest BCUT2D eigenvalue weighted by molar-refractivity contribution is 6.02. The van der Waals surface area contributed by atoms with Crippen molar-refractivity contribution in [2.75, 3.05) is 7.05 Å². The van der Waals surface area contributed by atoms with Crippen LogP contribution in [-0.2, 0) is 4.84 Å². The SMILES string of the molecule is CN(NC(=O)c1ccccc1)OC(=O)c1cccc2cn[nH]c12. The molecule has 7 heteroatoms. The molecule has 3 aromatic rings. The normalized spacial score (nSPS) is 10.7. The van der Waals surface area contributed by atoms with Gasteiger partial charge in [-0.05, 0) is 18.2 Å². The molecule has 23 heavy (non-hydrogen) atoms. The Bertz CT molecular complexity index is 845. The first-order valence-electron chi connectivity index (χ1n) is 6.89. The molecule has 0 aliphatic rings. The Morgan fingerprint density at radius 2 is 1.91 bits per heavy atom. The summed E-state index contributed by atoms with van der Waals surface area (Å²) in [4.78, 5) is 29.3. The van der Waals surface area contributed by atoms with Gasteiger partial charge in [-0.2, -0.15) is 5.10 Å². The topological polar surface area (TPSA) is 87.3 Å². The van der Waals surface area contributed by atoms with E-state index in [0.29, 0.717) is 16.6 Å². The summed E-state index contributed by atoms with van der Waals surface area (Å²) in [5, 5.41) is 8.43. The van der Waals surface area contributed by atoms with E-state index < -0.39 is 5.97 Å². The lowest BCUT2D eigenvalue weighted by Gasteiger charge is -2.17. The first kappa shape index (κ1) is 14.7. The zero-order valence-corrected chi connectivity index (χ0v) is 12.3. The number of hydrogen-bond donors (Lipinski definition) is 2. The predicted octanol–water partition coefficient (Wildman–Crippen LogP) is 1.91. The summed E-state index contributed by atoms with van der Waals surface area (Å²) in [5.41, 5.74) is 3.85. The van der Waals surface area contributed by atoms with Gasteiger partial charge in [0.15, 0.2) is 0 Å². The van der Waals surface area contributed by atoms with Crippen LogP contribution < -0.4 is 5.43 Å². The average molecular weight is 310 g/mol. The zero-order valence-electron chi connectivity index (χ0n) is 12.3. The largest absolute Gasteiger partial charge is 0.360 e. The number of aromatic amines is 1. The molecule has 1 amide bonds. The van der Waals surface area contributed by atoms with E-state index in [4.69, 9.17) is 4.84 Å². The van der Waals surface area contributed by atoms with Crippen LogP contribution in [0.3, 0.4) is 0 Å². The monoisotopic (exact) mass is 310 g/mol. The molecule has 2 N–H and O–H groups in total. The molecule has 0 bridgehead atoms. The van der Waals surface area contributed by atoms with Crippen LogP contribution in [0.25, 0.3) is 10.9 Å². The second kappa shape index (κ2) is 6.29. The maximum Gasteiger partial charge on any atom is 0.360 e. The minimum atomic E-state index is -0.601. The molecule has 0 fully saturated rings. The number of hydroxylamine groups is 1. The Morgan fingerprint density at radius 1 is 1.13 bits per heavy atom. The molecular formula is C16H14N4O3. The van der Waals surface area contributed by atoms with Gasteiger partial charge in [0.2, 0.25) is 0 Å². The molecule has 7 nitrogen and oxygen atoms in total. The second-order valence-corrected chi connectivity index (χ2v) is 4.82. The highest BCUT2D eigenvalue weighted by atomic mass is 16.7. The fraction of sp³-hybridized carbons (Fsp3) is 0.0625. The van der Waals surface area contributed by atoms with Crippen molar-refractivity contribution in [3.63, 3.8) is 0 Å². The smallest absolute Gasteiger partial charge is 0.344 e. The maximum absolute atomic E-state index is 12.2. The van der Waals surface area contributed by atoms with E-state index >= 15 is 0 Å². The Balaban J connectivity index is 1.68. The molecule has 0 atom stereocenters. The number of H-pyrrole nitrogens is 1. The van der Waals surface area contributed by atoms with Gasteiger partial charge in [0.05, 0.1) is 17.3 Å². The molecule has 0 saturated carbocycles. The van der Waals surface area contributed by atoms with Crippen molar-refractivity contribution in [3.05, 3.63) is 65.9 Å². The van der Waals surface area contributed by atoms with Gasteiger partial charge in [-0.25, -0.2) is 4.79 Å². The third-order valence-corrected chi connectivity index (χ3v) is 3.21. The summed E-state index contributed by atoms with van der Waals surface area (Å²) in [6.07, 6.45) is 1.62. The minimum Gasteiger partial charge on any atom is -0.344 e. The minimum absolute atomic E-state index is 0.334. The molecule has 3 rings (SSSR count). The molecule has 0 unspecified atom stereocenters. The zero-order chi connectivity index (χ0) is 16.2. The summed E-state index contributed by atoms with van der Waals surface area (Å²) in [6, 6.07) is 13.8. The Labute approximate surface area is 131 Å². The number of benzene rings is 2. The van der Waals surface area contributed by atoms with E-state index in [9.17, 15) is 9.59 Å². The van der Waals surface area contributed by atoms with Gasteiger partial charge in [0, 0.05) is 18.0 Å². The number of carbonyl (C=O) groups is 2. The van der Waals surface area contributed by atoms with E-state index in [-0.39, 0.29) is 5.91 Å². The fourth-order valence-corrected chi connectivity index (χ4v) is 2.13. The van der Waals surface area contributed by atoms with Crippen molar-refractivity contribution in [2.45, 2.75) is 0 Å². The van der Waals surface area contributed by atoms with Gasteiger partial charge in [-0.15, -0.1) is 0 Å². The van der Waals surface area contributed by atoms with E-state index in [1.807, 2.05) is 12.1 Å². The number of para-hydroxylation sites is 1. The van der Waals surface area contributed by atoms with E-state index in [0.717, 1.165) is 10.6 Å². The molecule has 1 aromatic heterocycles. The van der Waals surface area contributed by atoms with Crippen molar-refractivity contribution < 1.29 is 14.4 Å². The van der Waals surface area contributed by atoms with Crippen LogP contribution in [0.4, 0.5) is 0 Å². The number of nitrogens with one attached hydrogen (secondary N) is 2. The highest BCUT2D eigenvalue weighted by Crippen LogP contribution is 2.16. The number of carbonyl (C=O) groups excluding carboxylic acids is 2. The maximum atomic E-state index is 12.2. The van der Waals surface area contributed by atoms with Gasteiger partial charge in [-0.1, -0.05) is 35.5 Å². The summed E-state index contributed by atoms with van der Waals surface area (Å²) < 4.78 is 0. The lowest BCUT2D eigenvalue weighted by atomic mass is 10.1. The summed E-state index contributed by atoms with van der Waals surface area (Å²) in [6.45, 7) is 0. The Morgan fingerprint density at radius 3 is 2.70 bits per heavy atom. The molecule has 0 aliphatic carbocycles. The third kappa shape index (κ3) is 3.19. The van der Waals surface area contributed by atoms with Crippen LogP contribution in [0, 0.1) is 0 Å². The van der Waals surface area contributed by atoms with Gasteiger partial charge < -0.3 is 4.84 Å². The number of rotatable bonds is 4. The van der Waals surface area contributed by atoms with Crippen molar-refractivity contribution in [1.29, 1.82) is 0 Å². The average Bonchev–Trinajstić information content (AvgIpc) is 3.03. The van der Waals surface area contributed by atoms with Gasteiger partial charge in [-0.3, -0.25) is 15.3 Å². The second-order valence-electron chi connectivity index (χ2n) is 4.82. The van der Waals surface area contributed by atoms with Crippen LogP contribution in [0.15, 0.2) is 54.7 Å². The Kier molecular flexibility index (Phi) is 4.03.